The zero-order valence-corrected chi connectivity index (χ0v) is 9.30. The molecule has 0 radical (unpaired) electrons. The molecular formula is C10H20N4. The van der Waals surface area contributed by atoms with E-state index in [4.69, 9.17) is 0 Å². The zero-order chi connectivity index (χ0) is 10.4. The monoisotopic (exact) mass is 196 g/mol. The van der Waals surface area contributed by atoms with Crippen molar-refractivity contribution in [2.24, 2.45) is 0 Å². The summed E-state index contributed by atoms with van der Waals surface area (Å²) >= 11 is 0. The molecule has 4 heteroatoms. The Labute approximate surface area is 85.5 Å². The summed E-state index contributed by atoms with van der Waals surface area (Å²) < 4.78 is 0. The van der Waals surface area contributed by atoms with Crippen LogP contribution in [0.2, 0.25) is 0 Å². The summed E-state index contributed by atoms with van der Waals surface area (Å²) in [4.78, 5) is 4.36. The van der Waals surface area contributed by atoms with Gasteiger partial charge in [0.1, 0.15) is 5.82 Å². The molecule has 0 aliphatic heterocycles. The van der Waals surface area contributed by atoms with Crippen molar-refractivity contribution in [1.82, 2.24) is 15.2 Å². The number of H-pyrrole nitrogens is 1. The summed E-state index contributed by atoms with van der Waals surface area (Å²) in [6.07, 6.45) is 4.28. The van der Waals surface area contributed by atoms with Crippen molar-refractivity contribution in [3.63, 3.8) is 0 Å². The Balaban J connectivity index is 2.49. The lowest BCUT2D eigenvalue weighted by molar-refractivity contribution is 0.665. The third-order valence-corrected chi connectivity index (χ3v) is 2.34. The molecule has 14 heavy (non-hydrogen) atoms. The summed E-state index contributed by atoms with van der Waals surface area (Å²) in [7, 11) is 0. The van der Waals surface area contributed by atoms with Gasteiger partial charge in [-0.05, 0) is 19.3 Å². The molecule has 0 spiro atoms. The fourth-order valence-electron chi connectivity index (χ4n) is 1.38. The first kappa shape index (κ1) is 11.0. The predicted molar refractivity (Wildman–Crippen MR) is 58.4 cm³/mol. The first-order valence-electron chi connectivity index (χ1n) is 5.47. The number of aromatic nitrogens is 3. The first-order valence-corrected chi connectivity index (χ1v) is 5.47. The van der Waals surface area contributed by atoms with Gasteiger partial charge >= 0.3 is 0 Å². The van der Waals surface area contributed by atoms with Crippen molar-refractivity contribution in [2.45, 2.75) is 52.5 Å². The van der Waals surface area contributed by atoms with Crippen molar-refractivity contribution in [3.8, 4) is 0 Å². The lowest BCUT2D eigenvalue weighted by Gasteiger charge is -2.11. The van der Waals surface area contributed by atoms with E-state index in [9.17, 15) is 0 Å². The van der Waals surface area contributed by atoms with E-state index < -0.39 is 0 Å². The highest BCUT2D eigenvalue weighted by Crippen LogP contribution is 2.06. The molecule has 4 nitrogen and oxygen atoms in total. The van der Waals surface area contributed by atoms with Gasteiger partial charge in [0.15, 0.2) is 0 Å². The van der Waals surface area contributed by atoms with Gasteiger partial charge in [-0.3, -0.25) is 5.10 Å². The number of nitrogens with zero attached hydrogens (tertiary/aromatic N) is 2. The van der Waals surface area contributed by atoms with E-state index in [-0.39, 0.29) is 0 Å². The molecule has 0 fully saturated rings. The summed E-state index contributed by atoms with van der Waals surface area (Å²) in [5.41, 5.74) is 0. The average molecular weight is 196 g/mol. The van der Waals surface area contributed by atoms with Gasteiger partial charge in [0.2, 0.25) is 5.95 Å². The van der Waals surface area contributed by atoms with Crippen LogP contribution < -0.4 is 5.32 Å². The molecule has 0 saturated heterocycles. The van der Waals surface area contributed by atoms with Gasteiger partial charge < -0.3 is 5.32 Å². The van der Waals surface area contributed by atoms with E-state index in [0.717, 1.165) is 37.5 Å². The molecular weight excluding hydrogens is 176 g/mol. The maximum Gasteiger partial charge on any atom is 0.242 e. The normalized spacial score (nSPS) is 10.9. The molecule has 1 rings (SSSR count). The van der Waals surface area contributed by atoms with Crippen LogP contribution in [0.3, 0.4) is 0 Å². The number of rotatable bonds is 6. The minimum Gasteiger partial charge on any atom is -0.350 e. The molecule has 1 aromatic rings. The highest BCUT2D eigenvalue weighted by Gasteiger charge is 2.06. The van der Waals surface area contributed by atoms with Gasteiger partial charge in [-0.2, -0.15) is 4.98 Å². The Kier molecular flexibility index (Phi) is 4.43. The zero-order valence-electron chi connectivity index (χ0n) is 9.30. The van der Waals surface area contributed by atoms with Crippen LogP contribution in [0.1, 0.15) is 45.9 Å². The number of hydrogen-bond donors (Lipinski definition) is 2. The summed E-state index contributed by atoms with van der Waals surface area (Å²) in [5, 5.41) is 10.4. The van der Waals surface area contributed by atoms with Gasteiger partial charge in [0.05, 0.1) is 0 Å². The lowest BCUT2D eigenvalue weighted by atomic mass is 10.2. The molecule has 0 aliphatic carbocycles. The largest absolute Gasteiger partial charge is 0.350 e. The van der Waals surface area contributed by atoms with Crippen LogP contribution in [-0.4, -0.2) is 21.2 Å². The minimum atomic E-state index is 0.486. The predicted octanol–water partition coefficient (Wildman–Crippen LogP) is 2.36. The van der Waals surface area contributed by atoms with E-state index in [1.165, 1.54) is 0 Å². The second kappa shape index (κ2) is 5.62. The second-order valence-electron chi connectivity index (χ2n) is 3.51. The summed E-state index contributed by atoms with van der Waals surface area (Å²) in [6, 6.07) is 0.486. The number of aryl methyl sites for hydroxylation is 1. The van der Waals surface area contributed by atoms with E-state index in [1.54, 1.807) is 0 Å². The van der Waals surface area contributed by atoms with Crippen molar-refractivity contribution < 1.29 is 0 Å². The van der Waals surface area contributed by atoms with Crippen molar-refractivity contribution in [1.29, 1.82) is 0 Å². The molecule has 0 unspecified atom stereocenters. The van der Waals surface area contributed by atoms with Gasteiger partial charge in [-0.15, -0.1) is 5.10 Å². The SMILES string of the molecule is CCCc1nc(NC(CC)CC)n[nH]1. The molecule has 1 heterocycles. The fraction of sp³-hybridized carbons (Fsp3) is 0.800. The minimum absolute atomic E-state index is 0.486. The smallest absolute Gasteiger partial charge is 0.242 e. The molecule has 80 valence electrons. The van der Waals surface area contributed by atoms with Crippen LogP contribution in [0.5, 0.6) is 0 Å². The molecule has 2 N–H and O–H groups in total. The Morgan fingerprint density at radius 2 is 2.00 bits per heavy atom. The average Bonchev–Trinajstić information content (AvgIpc) is 2.63. The number of anilines is 1. The van der Waals surface area contributed by atoms with Crippen LogP contribution in [0.25, 0.3) is 0 Å². The highest BCUT2D eigenvalue weighted by atomic mass is 15.3. The molecule has 0 amide bonds. The molecule has 0 saturated carbocycles. The fourth-order valence-corrected chi connectivity index (χ4v) is 1.38. The van der Waals surface area contributed by atoms with Crippen molar-refractivity contribution in [3.05, 3.63) is 5.82 Å². The molecule has 1 aromatic heterocycles. The van der Waals surface area contributed by atoms with Crippen molar-refractivity contribution >= 4 is 5.95 Å². The third-order valence-electron chi connectivity index (χ3n) is 2.34. The number of nitrogens with one attached hydrogen (secondary N) is 2. The van der Waals surface area contributed by atoms with Crippen LogP contribution in [0.4, 0.5) is 5.95 Å². The molecule has 0 atom stereocenters. The van der Waals surface area contributed by atoms with E-state index in [0.29, 0.717) is 6.04 Å². The molecule has 0 aliphatic rings. The Hall–Kier alpha value is -1.06. The number of hydrogen-bond acceptors (Lipinski definition) is 3. The van der Waals surface area contributed by atoms with Crippen LogP contribution in [0, 0.1) is 0 Å². The number of aromatic amines is 1. The topological polar surface area (TPSA) is 53.6 Å². The standard InChI is InChI=1S/C10H20N4/c1-4-7-9-12-10(14-13-9)11-8(5-2)6-3/h8H,4-7H2,1-3H3,(H2,11,12,13,14). The summed E-state index contributed by atoms with van der Waals surface area (Å²) in [6.45, 7) is 6.47. The quantitative estimate of drug-likeness (QED) is 0.734. The maximum atomic E-state index is 4.36. The third kappa shape index (κ3) is 3.01. The van der Waals surface area contributed by atoms with Crippen LogP contribution in [-0.2, 0) is 6.42 Å². The van der Waals surface area contributed by atoms with Crippen molar-refractivity contribution in [2.75, 3.05) is 5.32 Å². The van der Waals surface area contributed by atoms with E-state index in [1.807, 2.05) is 0 Å². The molecule has 0 aromatic carbocycles. The second-order valence-corrected chi connectivity index (χ2v) is 3.51. The highest BCUT2D eigenvalue weighted by molar-refractivity contribution is 5.24. The summed E-state index contributed by atoms with van der Waals surface area (Å²) in [5.74, 6) is 1.71. The Morgan fingerprint density at radius 1 is 1.29 bits per heavy atom. The van der Waals surface area contributed by atoms with E-state index >= 15 is 0 Å². The maximum absolute atomic E-state index is 4.36. The van der Waals surface area contributed by atoms with Gasteiger partial charge in [0.25, 0.3) is 0 Å². The van der Waals surface area contributed by atoms with Crippen LogP contribution >= 0.6 is 0 Å². The van der Waals surface area contributed by atoms with Gasteiger partial charge in [-0.1, -0.05) is 20.8 Å². The van der Waals surface area contributed by atoms with Gasteiger partial charge in [-0.25, -0.2) is 0 Å². The Morgan fingerprint density at radius 3 is 2.57 bits per heavy atom. The first-order chi connectivity index (χ1) is 6.80. The van der Waals surface area contributed by atoms with Gasteiger partial charge in [0, 0.05) is 12.5 Å². The Bertz CT molecular complexity index is 252. The molecule has 0 bridgehead atoms. The van der Waals surface area contributed by atoms with Crippen LogP contribution in [0.15, 0.2) is 0 Å². The van der Waals surface area contributed by atoms with E-state index in [2.05, 4.69) is 41.3 Å². The lowest BCUT2D eigenvalue weighted by Crippen LogP contribution is -2.17.